The number of carbonyl (C=O) groups excluding carboxylic acids is 1. The molecule has 7 nitrogen and oxygen atoms in total. The summed E-state index contributed by atoms with van der Waals surface area (Å²) in [5.74, 6) is 0.607. The highest BCUT2D eigenvalue weighted by Crippen LogP contribution is 2.26. The molecule has 26 heavy (non-hydrogen) atoms. The highest BCUT2D eigenvalue weighted by molar-refractivity contribution is 8.00. The minimum absolute atomic E-state index is 0.0175. The Morgan fingerprint density at radius 2 is 2.12 bits per heavy atom. The molecule has 0 spiro atoms. The average molecular weight is 416 g/mol. The van der Waals surface area contributed by atoms with E-state index in [1.807, 2.05) is 0 Å². The van der Waals surface area contributed by atoms with Crippen LogP contribution in [0.25, 0.3) is 0 Å². The van der Waals surface area contributed by atoms with E-state index in [1.165, 1.54) is 0 Å². The number of aromatic nitrogens is 2. The maximum atomic E-state index is 12.2. The number of hydrogen-bond acceptors (Lipinski definition) is 7. The van der Waals surface area contributed by atoms with Crippen molar-refractivity contribution in [1.29, 1.82) is 0 Å². The molecule has 1 fully saturated rings. The van der Waals surface area contributed by atoms with Crippen molar-refractivity contribution in [2.45, 2.75) is 30.2 Å². The highest BCUT2D eigenvalue weighted by Gasteiger charge is 2.29. The van der Waals surface area contributed by atoms with Crippen molar-refractivity contribution in [2.24, 2.45) is 5.92 Å². The molecule has 0 unspecified atom stereocenters. The van der Waals surface area contributed by atoms with Gasteiger partial charge < -0.3 is 9.73 Å². The molecule has 0 saturated carbocycles. The number of benzene rings is 1. The van der Waals surface area contributed by atoms with Gasteiger partial charge in [-0.15, -0.1) is 10.2 Å². The van der Waals surface area contributed by atoms with Gasteiger partial charge >= 0.3 is 0 Å². The van der Waals surface area contributed by atoms with E-state index in [1.54, 1.807) is 31.2 Å². The summed E-state index contributed by atoms with van der Waals surface area (Å²) >= 11 is 6.97. The molecule has 0 bridgehead atoms. The monoisotopic (exact) mass is 415 g/mol. The van der Waals surface area contributed by atoms with E-state index in [2.05, 4.69) is 15.5 Å². The molecule has 140 valence electrons. The topological polar surface area (TPSA) is 102 Å². The van der Waals surface area contributed by atoms with Gasteiger partial charge in [-0.1, -0.05) is 23.4 Å². The third kappa shape index (κ3) is 5.21. The maximum Gasteiger partial charge on any atom is 0.277 e. The van der Waals surface area contributed by atoms with Crippen molar-refractivity contribution >= 4 is 44.8 Å². The largest absolute Gasteiger partial charge is 0.416 e. The number of hydrogen-bond donors (Lipinski definition) is 1. The van der Waals surface area contributed by atoms with Crippen LogP contribution < -0.4 is 5.32 Å². The Balaban J connectivity index is 1.53. The molecule has 2 heterocycles. The lowest BCUT2D eigenvalue weighted by atomic mass is 10.1. The molecule has 1 N–H and O–H groups in total. The van der Waals surface area contributed by atoms with E-state index in [0.29, 0.717) is 34.7 Å². The molecule has 1 saturated heterocycles. The summed E-state index contributed by atoms with van der Waals surface area (Å²) in [5.41, 5.74) is 0.653. The number of carbonyl (C=O) groups is 1. The minimum atomic E-state index is -2.93. The van der Waals surface area contributed by atoms with E-state index in [-0.39, 0.29) is 23.3 Å². The van der Waals surface area contributed by atoms with Crippen molar-refractivity contribution in [3.05, 3.63) is 35.2 Å². The van der Waals surface area contributed by atoms with Gasteiger partial charge in [-0.2, -0.15) is 0 Å². The van der Waals surface area contributed by atoms with Crippen LogP contribution in [0.4, 0.5) is 5.69 Å². The van der Waals surface area contributed by atoms with Crippen molar-refractivity contribution in [1.82, 2.24) is 10.2 Å². The number of rotatable bonds is 6. The van der Waals surface area contributed by atoms with Crippen LogP contribution in [0.2, 0.25) is 5.02 Å². The molecule has 1 aromatic carbocycles. The lowest BCUT2D eigenvalue weighted by Gasteiger charge is -2.09. The van der Waals surface area contributed by atoms with Gasteiger partial charge in [0.05, 0.1) is 16.8 Å². The second-order valence-electron chi connectivity index (χ2n) is 6.19. The molecule has 3 rings (SSSR count). The summed E-state index contributed by atoms with van der Waals surface area (Å²) < 4.78 is 28.6. The molecule has 1 aliphatic rings. The van der Waals surface area contributed by atoms with Gasteiger partial charge in [0.2, 0.25) is 11.8 Å². The fraction of sp³-hybridized carbons (Fsp3) is 0.438. The number of nitrogens with one attached hydrogen (secondary N) is 1. The molecular formula is C16H18ClN3O4S2. The zero-order valence-corrected chi connectivity index (χ0v) is 16.4. The van der Waals surface area contributed by atoms with E-state index in [9.17, 15) is 13.2 Å². The number of halogens is 1. The number of thioether (sulfide) groups is 1. The van der Waals surface area contributed by atoms with Crippen molar-refractivity contribution in [3.8, 4) is 0 Å². The maximum absolute atomic E-state index is 12.2. The van der Waals surface area contributed by atoms with E-state index in [4.69, 9.17) is 16.0 Å². The number of nitrogens with zero attached hydrogens (tertiary/aromatic N) is 2. The minimum Gasteiger partial charge on any atom is -0.416 e. The zero-order chi connectivity index (χ0) is 18.7. The summed E-state index contributed by atoms with van der Waals surface area (Å²) in [7, 11) is -2.93. The van der Waals surface area contributed by atoms with Gasteiger partial charge in [0.1, 0.15) is 0 Å². The first-order chi connectivity index (χ1) is 12.3. The van der Waals surface area contributed by atoms with Crippen LogP contribution in [0, 0.1) is 5.92 Å². The van der Waals surface area contributed by atoms with Gasteiger partial charge in [-0.05, 0) is 43.5 Å². The smallest absolute Gasteiger partial charge is 0.277 e. The molecule has 2 aromatic rings. The predicted octanol–water partition coefficient (Wildman–Crippen LogP) is 2.82. The van der Waals surface area contributed by atoms with E-state index < -0.39 is 15.1 Å². The standard InChI is InChI=1S/C16H18ClN3O4S2/c1-10(15(21)18-13-4-2-12(17)3-5-13)25-16-20-19-14(24-16)8-11-6-7-26(22,23)9-11/h2-5,10-11H,6-9H2,1H3,(H,18,21)/t10-,11-/m0/s1. The number of anilines is 1. The summed E-state index contributed by atoms with van der Waals surface area (Å²) in [6, 6.07) is 6.83. The van der Waals surface area contributed by atoms with Crippen LogP contribution in [0.1, 0.15) is 19.2 Å². The van der Waals surface area contributed by atoms with Crippen molar-refractivity contribution in [2.75, 3.05) is 16.8 Å². The Bertz CT molecular complexity index is 883. The fourth-order valence-corrected chi connectivity index (χ4v) is 5.32. The predicted molar refractivity (Wildman–Crippen MR) is 100 cm³/mol. The van der Waals surface area contributed by atoms with Crippen molar-refractivity contribution in [3.63, 3.8) is 0 Å². The lowest BCUT2D eigenvalue weighted by molar-refractivity contribution is -0.115. The first-order valence-electron chi connectivity index (χ1n) is 8.06. The average Bonchev–Trinajstić information content (AvgIpc) is 3.15. The van der Waals surface area contributed by atoms with Crippen LogP contribution >= 0.6 is 23.4 Å². The lowest BCUT2D eigenvalue weighted by Crippen LogP contribution is -2.22. The Hall–Kier alpha value is -1.58. The third-order valence-electron chi connectivity index (χ3n) is 4.00. The van der Waals surface area contributed by atoms with Gasteiger partial charge in [-0.3, -0.25) is 4.79 Å². The van der Waals surface area contributed by atoms with E-state index in [0.717, 1.165) is 11.8 Å². The fourth-order valence-electron chi connectivity index (χ4n) is 2.63. The van der Waals surface area contributed by atoms with Crippen LogP contribution in [-0.2, 0) is 21.1 Å². The quantitative estimate of drug-likeness (QED) is 0.723. The second-order valence-corrected chi connectivity index (χ2v) is 10.1. The zero-order valence-electron chi connectivity index (χ0n) is 14.0. The van der Waals surface area contributed by atoms with Gasteiger partial charge in [0, 0.05) is 17.1 Å². The van der Waals surface area contributed by atoms with Crippen LogP contribution in [-0.4, -0.2) is 41.3 Å². The van der Waals surface area contributed by atoms with Gasteiger partial charge in [0.15, 0.2) is 9.84 Å². The number of amides is 1. The van der Waals surface area contributed by atoms with Crippen LogP contribution in [0.3, 0.4) is 0 Å². The third-order valence-corrected chi connectivity index (χ3v) is 7.02. The molecule has 0 aliphatic carbocycles. The summed E-state index contributed by atoms with van der Waals surface area (Å²) in [5, 5.41) is 11.1. The molecule has 1 amide bonds. The molecule has 2 atom stereocenters. The molecule has 0 radical (unpaired) electrons. The van der Waals surface area contributed by atoms with Crippen LogP contribution in [0.5, 0.6) is 0 Å². The van der Waals surface area contributed by atoms with Crippen molar-refractivity contribution < 1.29 is 17.6 Å². The number of sulfone groups is 1. The highest BCUT2D eigenvalue weighted by atomic mass is 35.5. The SMILES string of the molecule is C[C@H](Sc1nnc(C[C@@H]2CCS(=O)(=O)C2)o1)C(=O)Nc1ccc(Cl)cc1. The Morgan fingerprint density at radius 1 is 1.38 bits per heavy atom. The molecule has 1 aromatic heterocycles. The van der Waals surface area contributed by atoms with E-state index >= 15 is 0 Å². The van der Waals surface area contributed by atoms with Crippen LogP contribution in [0.15, 0.2) is 33.9 Å². The summed E-state index contributed by atoms with van der Waals surface area (Å²) in [4.78, 5) is 12.2. The first-order valence-corrected chi connectivity index (χ1v) is 11.1. The Kier molecular flexibility index (Phi) is 5.89. The van der Waals surface area contributed by atoms with Gasteiger partial charge in [0.25, 0.3) is 5.22 Å². The Morgan fingerprint density at radius 3 is 2.77 bits per heavy atom. The summed E-state index contributed by atoms with van der Waals surface area (Å²) in [6.07, 6.45) is 1.06. The molecule has 10 heteroatoms. The van der Waals surface area contributed by atoms with Gasteiger partial charge in [-0.25, -0.2) is 8.42 Å². The first kappa shape index (κ1) is 19.2. The molecular weight excluding hydrogens is 398 g/mol. The Labute approximate surface area is 160 Å². The molecule has 1 aliphatic heterocycles. The second kappa shape index (κ2) is 7.98. The normalized spacial score (nSPS) is 20.0. The summed E-state index contributed by atoms with van der Waals surface area (Å²) in [6.45, 7) is 1.74.